The minimum atomic E-state index is -0.621. The van der Waals surface area contributed by atoms with Crippen molar-refractivity contribution in [1.29, 1.82) is 0 Å². The number of carbonyl (C=O) groups excluding carboxylic acids is 3. The summed E-state index contributed by atoms with van der Waals surface area (Å²) in [7, 11) is 1.47. The van der Waals surface area contributed by atoms with Crippen molar-refractivity contribution >= 4 is 34.2 Å². The maximum atomic E-state index is 12.0. The van der Waals surface area contributed by atoms with Crippen molar-refractivity contribution in [3.05, 3.63) is 16.0 Å². The molecule has 3 N–H and O–H groups in total. The normalized spacial score (nSPS) is 13.5. The van der Waals surface area contributed by atoms with Crippen LogP contribution in [0, 0.1) is 5.92 Å². The minimum Gasteiger partial charge on any atom is -0.462 e. The fourth-order valence-electron chi connectivity index (χ4n) is 1.93. The largest absolute Gasteiger partial charge is 0.462 e. The molecule has 1 aromatic rings. The molecular weight excluding hydrogens is 308 g/mol. The highest BCUT2D eigenvalue weighted by molar-refractivity contribution is 7.18. The molecule has 7 nitrogen and oxygen atoms in total. The Hall–Kier alpha value is -2.09. The van der Waals surface area contributed by atoms with Gasteiger partial charge in [0.25, 0.3) is 5.91 Å². The van der Waals surface area contributed by atoms with Gasteiger partial charge in [-0.15, -0.1) is 11.3 Å². The number of carbonyl (C=O) groups is 3. The number of ether oxygens (including phenoxy) is 2. The van der Waals surface area contributed by atoms with Crippen molar-refractivity contribution in [1.82, 2.24) is 5.32 Å². The second kappa shape index (κ2) is 6.78. The van der Waals surface area contributed by atoms with Gasteiger partial charge in [0.2, 0.25) is 0 Å². The molecule has 8 heteroatoms. The van der Waals surface area contributed by atoms with Gasteiger partial charge in [-0.1, -0.05) is 0 Å². The van der Waals surface area contributed by atoms with Crippen molar-refractivity contribution in [2.75, 3.05) is 19.4 Å². The van der Waals surface area contributed by atoms with Crippen LogP contribution in [0.4, 0.5) is 5.00 Å². The van der Waals surface area contributed by atoms with Gasteiger partial charge in [-0.05, 0) is 19.8 Å². The fraction of sp³-hybridized carbons (Fsp3) is 0.500. The topological polar surface area (TPSA) is 108 Å². The number of nitrogens with two attached hydrogens (primary N) is 1. The van der Waals surface area contributed by atoms with E-state index in [2.05, 4.69) is 5.32 Å². The first-order chi connectivity index (χ1) is 10.5. The molecule has 1 aliphatic rings. The van der Waals surface area contributed by atoms with Crippen LogP contribution in [0.3, 0.4) is 0 Å². The van der Waals surface area contributed by atoms with Crippen LogP contribution in [0.5, 0.6) is 0 Å². The van der Waals surface area contributed by atoms with Crippen LogP contribution < -0.4 is 11.1 Å². The number of nitrogen functional groups attached to an aromatic ring is 1. The Morgan fingerprint density at radius 3 is 2.55 bits per heavy atom. The van der Waals surface area contributed by atoms with Crippen LogP contribution >= 0.6 is 11.3 Å². The second-order valence-electron chi connectivity index (χ2n) is 4.83. The van der Waals surface area contributed by atoms with Gasteiger partial charge in [-0.25, -0.2) is 4.79 Å². The van der Waals surface area contributed by atoms with Gasteiger partial charge < -0.3 is 20.5 Å². The SMILES string of the molecule is CCOC(=O)c1c(N)sc(C(=O)NC)c1COC(=O)C1CC1. The Bertz CT molecular complexity index is 607. The molecule has 0 saturated heterocycles. The van der Waals surface area contributed by atoms with Gasteiger partial charge >= 0.3 is 11.9 Å². The lowest BCUT2D eigenvalue weighted by molar-refractivity contribution is -0.146. The summed E-state index contributed by atoms with van der Waals surface area (Å²) in [6, 6.07) is 0. The third-order valence-electron chi connectivity index (χ3n) is 3.22. The van der Waals surface area contributed by atoms with E-state index in [1.165, 1.54) is 7.05 Å². The van der Waals surface area contributed by atoms with Gasteiger partial charge in [0, 0.05) is 12.6 Å². The highest BCUT2D eigenvalue weighted by Gasteiger charge is 2.33. The van der Waals surface area contributed by atoms with Crippen molar-refractivity contribution in [3.63, 3.8) is 0 Å². The number of nitrogens with one attached hydrogen (secondary N) is 1. The second-order valence-corrected chi connectivity index (χ2v) is 5.88. The number of rotatable bonds is 6. The number of hydrogen-bond acceptors (Lipinski definition) is 7. The van der Waals surface area contributed by atoms with Gasteiger partial charge in [-0.3, -0.25) is 9.59 Å². The number of hydrogen-bond donors (Lipinski definition) is 2. The maximum Gasteiger partial charge on any atom is 0.341 e. The summed E-state index contributed by atoms with van der Waals surface area (Å²) in [5.41, 5.74) is 6.25. The third-order valence-corrected chi connectivity index (χ3v) is 4.28. The summed E-state index contributed by atoms with van der Waals surface area (Å²) in [6.07, 6.45) is 1.63. The highest BCUT2D eigenvalue weighted by Crippen LogP contribution is 2.34. The Balaban J connectivity index is 2.30. The number of esters is 2. The molecule has 0 atom stereocenters. The lowest BCUT2D eigenvalue weighted by atomic mass is 10.1. The van der Waals surface area contributed by atoms with Crippen molar-refractivity contribution in [2.45, 2.75) is 26.4 Å². The first-order valence-electron chi connectivity index (χ1n) is 6.96. The number of anilines is 1. The molecule has 0 aromatic carbocycles. The van der Waals surface area contributed by atoms with Crippen LogP contribution in [0.2, 0.25) is 0 Å². The monoisotopic (exact) mass is 326 g/mol. The third kappa shape index (κ3) is 3.38. The number of amides is 1. The molecule has 22 heavy (non-hydrogen) atoms. The van der Waals surface area contributed by atoms with E-state index in [0.29, 0.717) is 5.56 Å². The smallest absolute Gasteiger partial charge is 0.341 e. The first-order valence-corrected chi connectivity index (χ1v) is 7.78. The zero-order valence-electron chi connectivity index (χ0n) is 12.4. The lowest BCUT2D eigenvalue weighted by Crippen LogP contribution is -2.20. The lowest BCUT2D eigenvalue weighted by Gasteiger charge is -2.08. The van der Waals surface area contributed by atoms with E-state index >= 15 is 0 Å². The Labute approximate surface area is 131 Å². The predicted octanol–water partition coefficient (Wildman–Crippen LogP) is 1.32. The standard InChI is InChI=1S/C14H18N2O5S/c1-3-20-14(19)9-8(6-21-13(18)7-4-5-7)10(12(17)16-2)22-11(9)15/h7H,3-6,15H2,1-2H3,(H,16,17). The van der Waals surface area contributed by atoms with E-state index in [-0.39, 0.29) is 46.4 Å². The van der Waals surface area contributed by atoms with Gasteiger partial charge in [-0.2, -0.15) is 0 Å². The number of thiophene rings is 1. The van der Waals surface area contributed by atoms with E-state index < -0.39 is 5.97 Å². The Morgan fingerprint density at radius 1 is 1.32 bits per heavy atom. The van der Waals surface area contributed by atoms with Gasteiger partial charge in [0.15, 0.2) is 0 Å². The molecule has 1 aromatic heterocycles. The Morgan fingerprint density at radius 2 is 2.00 bits per heavy atom. The molecule has 0 aliphatic heterocycles. The quantitative estimate of drug-likeness (QED) is 0.763. The average Bonchev–Trinajstić information content (AvgIpc) is 3.28. The van der Waals surface area contributed by atoms with Crippen molar-refractivity contribution < 1.29 is 23.9 Å². The summed E-state index contributed by atoms with van der Waals surface area (Å²) in [6.45, 7) is 1.69. The summed E-state index contributed by atoms with van der Waals surface area (Å²) in [4.78, 5) is 35.9. The summed E-state index contributed by atoms with van der Waals surface area (Å²) in [5, 5.41) is 2.65. The van der Waals surface area contributed by atoms with E-state index in [0.717, 1.165) is 24.2 Å². The molecule has 1 fully saturated rings. The Kier molecular flexibility index (Phi) is 5.02. The van der Waals surface area contributed by atoms with Gasteiger partial charge in [0.05, 0.1) is 12.5 Å². The average molecular weight is 326 g/mol. The summed E-state index contributed by atoms with van der Waals surface area (Å²) >= 11 is 0.977. The maximum absolute atomic E-state index is 12.0. The minimum absolute atomic E-state index is 0.0644. The predicted molar refractivity (Wildman–Crippen MR) is 80.6 cm³/mol. The molecule has 0 radical (unpaired) electrons. The van der Waals surface area contributed by atoms with Crippen LogP contribution in [-0.2, 0) is 20.9 Å². The molecule has 2 rings (SSSR count). The fourth-order valence-corrected chi connectivity index (χ4v) is 2.93. The van der Waals surface area contributed by atoms with Crippen LogP contribution in [0.1, 0.15) is 45.4 Å². The van der Waals surface area contributed by atoms with E-state index in [4.69, 9.17) is 15.2 Å². The molecule has 1 saturated carbocycles. The van der Waals surface area contributed by atoms with Crippen molar-refractivity contribution in [2.24, 2.45) is 5.92 Å². The zero-order valence-corrected chi connectivity index (χ0v) is 13.2. The van der Waals surface area contributed by atoms with E-state index in [9.17, 15) is 14.4 Å². The molecule has 0 bridgehead atoms. The van der Waals surface area contributed by atoms with Crippen LogP contribution in [0.15, 0.2) is 0 Å². The van der Waals surface area contributed by atoms with Gasteiger partial charge in [0.1, 0.15) is 22.0 Å². The molecule has 0 unspecified atom stereocenters. The van der Waals surface area contributed by atoms with Crippen molar-refractivity contribution in [3.8, 4) is 0 Å². The molecule has 1 heterocycles. The molecular formula is C14H18N2O5S. The molecule has 1 aliphatic carbocycles. The first kappa shape index (κ1) is 16.3. The van der Waals surface area contributed by atoms with Crippen LogP contribution in [0.25, 0.3) is 0 Å². The van der Waals surface area contributed by atoms with E-state index in [1.54, 1.807) is 6.92 Å². The molecule has 120 valence electrons. The molecule has 1 amide bonds. The summed E-state index contributed by atoms with van der Waals surface area (Å²) < 4.78 is 10.2. The molecule has 0 spiro atoms. The zero-order chi connectivity index (χ0) is 16.3. The highest BCUT2D eigenvalue weighted by atomic mass is 32.1. The van der Waals surface area contributed by atoms with Crippen LogP contribution in [-0.4, -0.2) is 31.5 Å². The van der Waals surface area contributed by atoms with E-state index in [1.807, 2.05) is 0 Å². The summed E-state index contributed by atoms with van der Waals surface area (Å²) in [5.74, 6) is -1.39.